The van der Waals surface area contributed by atoms with Crippen LogP contribution in [0, 0.1) is 0 Å². The van der Waals surface area contributed by atoms with Crippen LogP contribution in [0.15, 0.2) is 24.3 Å². The van der Waals surface area contributed by atoms with Crippen LogP contribution in [0.2, 0.25) is 0 Å². The van der Waals surface area contributed by atoms with E-state index in [1.807, 2.05) is 32.9 Å². The van der Waals surface area contributed by atoms with E-state index in [1.54, 1.807) is 12.1 Å². The van der Waals surface area contributed by atoms with Gasteiger partial charge in [0, 0.05) is 12.2 Å². The molecule has 0 amide bonds. The molecular formula is C15H23NO3. The van der Waals surface area contributed by atoms with Crippen LogP contribution in [0.4, 0.5) is 0 Å². The number of Topliss-reactive ketones (excluding diaryl/α,β-unsaturated/α-hetero) is 1. The molecule has 106 valence electrons. The van der Waals surface area contributed by atoms with Crippen molar-refractivity contribution in [2.45, 2.75) is 39.3 Å². The Morgan fingerprint density at radius 2 is 1.89 bits per heavy atom. The molecule has 0 aliphatic rings. The quantitative estimate of drug-likeness (QED) is 0.557. The maximum Gasteiger partial charge on any atom is 0.179 e. The number of ketones is 1. The van der Waals surface area contributed by atoms with Crippen molar-refractivity contribution < 1.29 is 14.6 Å². The van der Waals surface area contributed by atoms with Gasteiger partial charge in [-0.25, -0.2) is 0 Å². The summed E-state index contributed by atoms with van der Waals surface area (Å²) in [5, 5.41) is 11.8. The predicted molar refractivity (Wildman–Crippen MR) is 75.7 cm³/mol. The summed E-state index contributed by atoms with van der Waals surface area (Å²) in [5.41, 5.74) is 0.667. The summed E-state index contributed by atoms with van der Waals surface area (Å²) in [5.74, 6) is 0.821. The lowest BCUT2D eigenvalue weighted by Crippen LogP contribution is -2.34. The van der Waals surface area contributed by atoms with Crippen LogP contribution >= 0.6 is 0 Å². The molecule has 1 unspecified atom stereocenters. The number of nitrogens with one attached hydrogen (secondary N) is 1. The molecule has 0 saturated heterocycles. The molecule has 1 aromatic carbocycles. The van der Waals surface area contributed by atoms with Crippen LogP contribution in [0.3, 0.4) is 0 Å². The Balaban J connectivity index is 2.56. The van der Waals surface area contributed by atoms with Gasteiger partial charge in [-0.2, -0.15) is 0 Å². The van der Waals surface area contributed by atoms with Crippen molar-refractivity contribution in [1.82, 2.24) is 5.32 Å². The van der Waals surface area contributed by atoms with Gasteiger partial charge in [0.05, 0.1) is 12.1 Å². The van der Waals surface area contributed by atoms with E-state index in [2.05, 4.69) is 5.32 Å². The van der Waals surface area contributed by atoms with Gasteiger partial charge in [-0.3, -0.25) is 4.79 Å². The minimum atomic E-state index is -0.247. The SMILES string of the molecule is CC(C)Oc1ccc(C(=O)C(C)NCCCO)cc1. The molecule has 2 N–H and O–H groups in total. The molecule has 0 heterocycles. The first-order chi connectivity index (χ1) is 9.04. The number of aliphatic hydroxyl groups is 1. The minimum absolute atomic E-state index is 0.0500. The maximum absolute atomic E-state index is 12.1. The van der Waals surface area contributed by atoms with Gasteiger partial charge in [-0.1, -0.05) is 0 Å². The highest BCUT2D eigenvalue weighted by molar-refractivity contribution is 5.99. The summed E-state index contributed by atoms with van der Waals surface area (Å²) >= 11 is 0. The van der Waals surface area contributed by atoms with E-state index in [0.717, 1.165) is 5.75 Å². The lowest BCUT2D eigenvalue weighted by atomic mass is 10.1. The Kier molecular flexibility index (Phi) is 6.53. The second-order valence-corrected chi connectivity index (χ2v) is 4.81. The third-order valence-corrected chi connectivity index (χ3v) is 2.69. The van der Waals surface area contributed by atoms with Crippen molar-refractivity contribution in [2.75, 3.05) is 13.2 Å². The van der Waals surface area contributed by atoms with E-state index >= 15 is 0 Å². The molecule has 1 atom stereocenters. The molecule has 0 aliphatic heterocycles. The van der Waals surface area contributed by atoms with Crippen LogP contribution in [0.1, 0.15) is 37.6 Å². The van der Waals surface area contributed by atoms with Gasteiger partial charge >= 0.3 is 0 Å². The van der Waals surface area contributed by atoms with E-state index in [1.165, 1.54) is 0 Å². The first-order valence-electron chi connectivity index (χ1n) is 6.69. The number of benzene rings is 1. The number of hydrogen-bond acceptors (Lipinski definition) is 4. The van der Waals surface area contributed by atoms with Crippen molar-refractivity contribution in [3.8, 4) is 5.75 Å². The van der Waals surface area contributed by atoms with Gasteiger partial charge in [0.25, 0.3) is 0 Å². The molecule has 0 aromatic heterocycles. The van der Waals surface area contributed by atoms with Crippen molar-refractivity contribution in [1.29, 1.82) is 0 Å². The van der Waals surface area contributed by atoms with Crippen LogP contribution in [0.25, 0.3) is 0 Å². The summed E-state index contributed by atoms with van der Waals surface area (Å²) in [7, 11) is 0. The molecule has 4 nitrogen and oxygen atoms in total. The molecule has 0 fully saturated rings. The van der Waals surface area contributed by atoms with Gasteiger partial charge in [0.1, 0.15) is 5.75 Å². The van der Waals surface area contributed by atoms with E-state index in [4.69, 9.17) is 9.84 Å². The fourth-order valence-corrected chi connectivity index (χ4v) is 1.71. The molecule has 1 aromatic rings. The third-order valence-electron chi connectivity index (χ3n) is 2.69. The van der Waals surface area contributed by atoms with Gasteiger partial charge in [0.15, 0.2) is 5.78 Å². The first kappa shape index (κ1) is 15.7. The largest absolute Gasteiger partial charge is 0.491 e. The lowest BCUT2D eigenvalue weighted by molar-refractivity contribution is 0.0950. The van der Waals surface area contributed by atoms with Gasteiger partial charge in [-0.15, -0.1) is 0 Å². The van der Waals surface area contributed by atoms with Crippen LogP contribution < -0.4 is 10.1 Å². The summed E-state index contributed by atoms with van der Waals surface area (Å²) in [6, 6.07) is 6.94. The molecule has 4 heteroatoms. The molecule has 0 aliphatic carbocycles. The zero-order valence-corrected chi connectivity index (χ0v) is 11.8. The molecule has 0 bridgehead atoms. The Hall–Kier alpha value is -1.39. The van der Waals surface area contributed by atoms with Crippen LogP contribution in [-0.2, 0) is 0 Å². The monoisotopic (exact) mass is 265 g/mol. The number of ether oxygens (including phenoxy) is 1. The second-order valence-electron chi connectivity index (χ2n) is 4.81. The van der Waals surface area contributed by atoms with Crippen molar-refractivity contribution in [3.05, 3.63) is 29.8 Å². The lowest BCUT2D eigenvalue weighted by Gasteiger charge is -2.13. The van der Waals surface area contributed by atoms with E-state index in [0.29, 0.717) is 18.5 Å². The summed E-state index contributed by atoms with van der Waals surface area (Å²) in [6.45, 7) is 6.53. The zero-order valence-electron chi connectivity index (χ0n) is 11.8. The molecule has 1 rings (SSSR count). The molecule has 0 spiro atoms. The highest BCUT2D eigenvalue weighted by Gasteiger charge is 2.14. The molecule has 19 heavy (non-hydrogen) atoms. The maximum atomic E-state index is 12.1. The zero-order chi connectivity index (χ0) is 14.3. The summed E-state index contributed by atoms with van der Waals surface area (Å²) in [6.07, 6.45) is 0.777. The number of carbonyl (C=O) groups excluding carboxylic acids is 1. The van der Waals surface area contributed by atoms with Gasteiger partial charge in [-0.05, 0) is 58.0 Å². The van der Waals surface area contributed by atoms with Crippen LogP contribution in [-0.4, -0.2) is 36.2 Å². The van der Waals surface area contributed by atoms with E-state index < -0.39 is 0 Å². The number of rotatable bonds is 8. The fourth-order valence-electron chi connectivity index (χ4n) is 1.71. The topological polar surface area (TPSA) is 58.6 Å². The number of carbonyl (C=O) groups is 1. The van der Waals surface area contributed by atoms with Gasteiger partial charge in [0.2, 0.25) is 0 Å². The smallest absolute Gasteiger partial charge is 0.179 e. The highest BCUT2D eigenvalue weighted by Crippen LogP contribution is 2.15. The third kappa shape index (κ3) is 5.41. The Bertz CT molecular complexity index is 387. The van der Waals surface area contributed by atoms with Crippen molar-refractivity contribution in [3.63, 3.8) is 0 Å². The fraction of sp³-hybridized carbons (Fsp3) is 0.533. The summed E-state index contributed by atoms with van der Waals surface area (Å²) in [4.78, 5) is 12.1. The highest BCUT2D eigenvalue weighted by atomic mass is 16.5. The standard InChI is InChI=1S/C15H23NO3/c1-11(2)19-14-7-5-13(6-8-14)15(18)12(3)16-9-4-10-17/h5-8,11-12,16-17H,4,9-10H2,1-3H3. The van der Waals surface area contributed by atoms with Crippen molar-refractivity contribution >= 4 is 5.78 Å². The van der Waals surface area contributed by atoms with Crippen LogP contribution in [0.5, 0.6) is 5.75 Å². The van der Waals surface area contributed by atoms with Gasteiger partial charge < -0.3 is 15.2 Å². The average molecular weight is 265 g/mol. The average Bonchev–Trinajstić information content (AvgIpc) is 2.38. The number of hydrogen-bond donors (Lipinski definition) is 2. The number of aliphatic hydroxyl groups excluding tert-OH is 1. The Morgan fingerprint density at radius 3 is 2.42 bits per heavy atom. The second kappa shape index (κ2) is 7.92. The first-order valence-corrected chi connectivity index (χ1v) is 6.69. The van der Waals surface area contributed by atoms with E-state index in [9.17, 15) is 4.79 Å². The van der Waals surface area contributed by atoms with E-state index in [-0.39, 0.29) is 24.5 Å². The minimum Gasteiger partial charge on any atom is -0.491 e. The normalized spacial score (nSPS) is 12.5. The summed E-state index contributed by atoms with van der Waals surface area (Å²) < 4.78 is 5.53. The Labute approximate surface area is 114 Å². The predicted octanol–water partition coefficient (Wildman–Crippen LogP) is 2.02. The molecular weight excluding hydrogens is 242 g/mol. The molecule has 0 saturated carbocycles. The van der Waals surface area contributed by atoms with Crippen molar-refractivity contribution in [2.24, 2.45) is 0 Å². The molecule has 0 radical (unpaired) electrons. The Morgan fingerprint density at radius 1 is 1.26 bits per heavy atom.